The number of ether oxygens (including phenoxy) is 2. The Morgan fingerprint density at radius 3 is 2.71 bits per heavy atom. The average molecular weight is 323 g/mol. The van der Waals surface area contributed by atoms with E-state index in [0.29, 0.717) is 13.0 Å². The summed E-state index contributed by atoms with van der Waals surface area (Å²) >= 11 is 0. The summed E-state index contributed by atoms with van der Waals surface area (Å²) in [6.07, 6.45) is 0.515. The molecule has 0 radical (unpaired) electrons. The molecule has 0 saturated carbocycles. The fraction of sp³-hybridized carbons (Fsp3) is 0.350. The zero-order chi connectivity index (χ0) is 16.7. The van der Waals surface area contributed by atoms with Gasteiger partial charge in [-0.15, -0.1) is 0 Å². The van der Waals surface area contributed by atoms with Crippen LogP contribution in [0.5, 0.6) is 5.75 Å². The largest absolute Gasteiger partial charge is 0.497 e. The number of hydrogen-bond donors (Lipinski definition) is 0. The predicted octanol–water partition coefficient (Wildman–Crippen LogP) is 3.28. The van der Waals surface area contributed by atoms with Crippen LogP contribution in [0.4, 0.5) is 0 Å². The molecule has 24 heavy (non-hydrogen) atoms. The topological polar surface area (TPSA) is 38.8 Å². The van der Waals surface area contributed by atoms with Crippen molar-refractivity contribution in [3.8, 4) is 5.75 Å². The Hall–Kier alpha value is -2.33. The van der Waals surface area contributed by atoms with Gasteiger partial charge in [0.1, 0.15) is 12.0 Å². The highest BCUT2D eigenvalue weighted by Crippen LogP contribution is 2.47. The van der Waals surface area contributed by atoms with E-state index in [1.807, 2.05) is 54.3 Å². The quantitative estimate of drug-likeness (QED) is 0.870. The molecule has 4 nitrogen and oxygen atoms in total. The molecule has 1 amide bonds. The Morgan fingerprint density at radius 1 is 1.17 bits per heavy atom. The van der Waals surface area contributed by atoms with Crippen LogP contribution in [0.25, 0.3) is 0 Å². The van der Waals surface area contributed by atoms with E-state index in [1.54, 1.807) is 7.11 Å². The van der Waals surface area contributed by atoms with Crippen LogP contribution >= 0.6 is 0 Å². The van der Waals surface area contributed by atoms with Crippen LogP contribution < -0.4 is 4.74 Å². The highest BCUT2D eigenvalue weighted by Gasteiger charge is 2.55. The van der Waals surface area contributed by atoms with Crippen LogP contribution in [0.1, 0.15) is 30.5 Å². The van der Waals surface area contributed by atoms with Crippen LogP contribution in [-0.4, -0.2) is 30.8 Å². The number of amides is 1. The van der Waals surface area contributed by atoms with Gasteiger partial charge in [-0.05, 0) is 30.2 Å². The second kappa shape index (κ2) is 5.64. The third kappa shape index (κ3) is 2.21. The van der Waals surface area contributed by atoms with Crippen LogP contribution in [-0.2, 0) is 14.9 Å². The Labute approximate surface area is 142 Å². The lowest BCUT2D eigenvalue weighted by molar-refractivity contribution is -0.134. The van der Waals surface area contributed by atoms with Crippen molar-refractivity contribution >= 4 is 5.91 Å². The molecule has 124 valence electrons. The Bertz CT molecular complexity index is 760. The number of benzene rings is 2. The maximum absolute atomic E-state index is 13.3. The first kappa shape index (κ1) is 15.2. The van der Waals surface area contributed by atoms with Crippen LogP contribution in [0.15, 0.2) is 54.6 Å². The molecular weight excluding hydrogens is 302 g/mol. The molecule has 4 heteroatoms. The molecule has 0 bridgehead atoms. The highest BCUT2D eigenvalue weighted by molar-refractivity contribution is 5.91. The van der Waals surface area contributed by atoms with E-state index < -0.39 is 5.41 Å². The number of hydrogen-bond acceptors (Lipinski definition) is 3. The predicted molar refractivity (Wildman–Crippen MR) is 90.7 cm³/mol. The van der Waals surface area contributed by atoms with Crippen LogP contribution in [0, 0.1) is 0 Å². The Kier molecular flexibility index (Phi) is 3.57. The summed E-state index contributed by atoms with van der Waals surface area (Å²) in [5.74, 6) is 0.904. The summed E-state index contributed by atoms with van der Waals surface area (Å²) < 4.78 is 11.3. The lowest BCUT2D eigenvalue weighted by atomic mass is 9.80. The molecule has 2 fully saturated rings. The first-order valence-electron chi connectivity index (χ1n) is 8.27. The van der Waals surface area contributed by atoms with Crippen molar-refractivity contribution in [3.63, 3.8) is 0 Å². The van der Waals surface area contributed by atoms with Crippen LogP contribution in [0.2, 0.25) is 0 Å². The van der Waals surface area contributed by atoms with Gasteiger partial charge in [0.15, 0.2) is 0 Å². The highest BCUT2D eigenvalue weighted by atomic mass is 16.5. The van der Waals surface area contributed by atoms with Crippen molar-refractivity contribution < 1.29 is 14.3 Å². The number of nitrogens with zero attached hydrogens (tertiary/aromatic N) is 1. The maximum atomic E-state index is 13.3. The molecule has 4 rings (SSSR count). The van der Waals surface area contributed by atoms with Gasteiger partial charge in [-0.25, -0.2) is 0 Å². The van der Waals surface area contributed by atoms with E-state index >= 15 is 0 Å². The SMILES string of the molecule is COc1cccc([C@]2(C)C[C@H]3OC[C@H](c4ccccc4)N3C2=O)c1. The molecule has 0 unspecified atom stereocenters. The normalized spacial score (nSPS) is 28.9. The minimum absolute atomic E-state index is 0.00358. The number of rotatable bonds is 3. The van der Waals surface area contributed by atoms with E-state index in [-0.39, 0.29) is 18.2 Å². The zero-order valence-electron chi connectivity index (χ0n) is 13.9. The summed E-state index contributed by atoms with van der Waals surface area (Å²) in [7, 11) is 1.64. The molecule has 0 N–H and O–H groups in total. The third-order valence-electron chi connectivity index (χ3n) is 5.27. The molecule has 0 spiro atoms. The monoisotopic (exact) mass is 323 g/mol. The van der Waals surface area contributed by atoms with Gasteiger partial charge in [-0.1, -0.05) is 42.5 Å². The van der Waals surface area contributed by atoms with Gasteiger partial charge in [0.05, 0.1) is 25.2 Å². The van der Waals surface area contributed by atoms with Crippen molar-refractivity contribution in [2.45, 2.75) is 31.0 Å². The molecule has 0 aromatic heterocycles. The standard InChI is InChI=1S/C20H21NO3/c1-20(15-9-6-10-16(11-15)23-2)12-18-21(19(20)22)17(13-24-18)14-7-4-3-5-8-14/h3-11,17-18H,12-13H2,1-2H3/t17-,18-,20+/m1/s1. The Balaban J connectivity index is 1.68. The minimum atomic E-state index is -0.577. The van der Waals surface area contributed by atoms with Crippen molar-refractivity contribution in [2.24, 2.45) is 0 Å². The summed E-state index contributed by atoms with van der Waals surface area (Å²) in [6.45, 7) is 2.57. The summed E-state index contributed by atoms with van der Waals surface area (Å²) in [6, 6.07) is 17.9. The van der Waals surface area contributed by atoms with Gasteiger partial charge in [0.25, 0.3) is 0 Å². The Morgan fingerprint density at radius 2 is 1.96 bits per heavy atom. The van der Waals surface area contributed by atoms with Gasteiger partial charge in [0.2, 0.25) is 5.91 Å². The molecule has 3 atom stereocenters. The average Bonchev–Trinajstić information content (AvgIpc) is 3.15. The molecule has 2 aromatic carbocycles. The molecular formula is C20H21NO3. The first-order chi connectivity index (χ1) is 11.6. The van der Waals surface area contributed by atoms with E-state index in [1.165, 1.54) is 0 Å². The lowest BCUT2D eigenvalue weighted by Crippen LogP contribution is -2.37. The van der Waals surface area contributed by atoms with Gasteiger partial charge in [-0.3, -0.25) is 4.79 Å². The first-order valence-corrected chi connectivity index (χ1v) is 8.27. The number of methoxy groups -OCH3 is 1. The second-order valence-electron chi connectivity index (χ2n) is 6.70. The fourth-order valence-corrected chi connectivity index (χ4v) is 3.85. The van der Waals surface area contributed by atoms with Crippen molar-refractivity contribution in [3.05, 3.63) is 65.7 Å². The summed E-state index contributed by atoms with van der Waals surface area (Å²) in [5, 5.41) is 0. The number of fused-ring (bicyclic) bond motifs is 1. The van der Waals surface area contributed by atoms with Gasteiger partial charge >= 0.3 is 0 Å². The lowest BCUT2D eigenvalue weighted by Gasteiger charge is -2.27. The molecule has 2 aliphatic heterocycles. The summed E-state index contributed by atoms with van der Waals surface area (Å²) in [5.41, 5.74) is 1.53. The van der Waals surface area contributed by atoms with E-state index in [4.69, 9.17) is 9.47 Å². The van der Waals surface area contributed by atoms with E-state index in [9.17, 15) is 4.79 Å². The van der Waals surface area contributed by atoms with Gasteiger partial charge in [-0.2, -0.15) is 0 Å². The molecule has 2 aliphatic rings. The van der Waals surface area contributed by atoms with E-state index in [2.05, 4.69) is 12.1 Å². The molecule has 0 aliphatic carbocycles. The minimum Gasteiger partial charge on any atom is -0.497 e. The van der Waals surface area contributed by atoms with Crippen molar-refractivity contribution in [1.82, 2.24) is 4.90 Å². The van der Waals surface area contributed by atoms with E-state index in [0.717, 1.165) is 16.9 Å². The fourth-order valence-electron chi connectivity index (χ4n) is 3.85. The molecule has 2 saturated heterocycles. The smallest absolute Gasteiger partial charge is 0.235 e. The van der Waals surface area contributed by atoms with Crippen LogP contribution in [0.3, 0.4) is 0 Å². The number of carbonyl (C=O) groups excluding carboxylic acids is 1. The zero-order valence-corrected chi connectivity index (χ0v) is 13.9. The second-order valence-corrected chi connectivity index (χ2v) is 6.70. The van der Waals surface area contributed by atoms with Crippen molar-refractivity contribution in [1.29, 1.82) is 0 Å². The molecule has 2 aromatic rings. The van der Waals surface area contributed by atoms with Gasteiger partial charge in [0, 0.05) is 6.42 Å². The number of carbonyl (C=O) groups is 1. The summed E-state index contributed by atoms with van der Waals surface area (Å²) in [4.78, 5) is 15.2. The molecule has 2 heterocycles. The van der Waals surface area contributed by atoms with Crippen molar-refractivity contribution in [2.75, 3.05) is 13.7 Å². The maximum Gasteiger partial charge on any atom is 0.235 e. The third-order valence-corrected chi connectivity index (χ3v) is 5.27. The van der Waals surface area contributed by atoms with Gasteiger partial charge < -0.3 is 14.4 Å².